The van der Waals surface area contributed by atoms with Gasteiger partial charge in [0.05, 0.1) is 24.9 Å². The molecular formula is C19H23N3O3S. The van der Waals surface area contributed by atoms with E-state index in [2.05, 4.69) is 4.98 Å². The highest BCUT2D eigenvalue weighted by molar-refractivity contribution is 7.14. The number of carbonyl (C=O) groups is 2. The topological polar surface area (TPSA) is 66.7 Å². The number of nitrogens with zero attached hydrogens (tertiary/aromatic N) is 3. The molecule has 1 aliphatic heterocycles. The Morgan fingerprint density at radius 3 is 2.88 bits per heavy atom. The molecule has 0 bridgehead atoms. The zero-order valence-electron chi connectivity index (χ0n) is 14.7. The molecule has 0 unspecified atom stereocenters. The molecule has 1 saturated heterocycles. The van der Waals surface area contributed by atoms with Crippen LogP contribution in [0.4, 0.5) is 5.13 Å². The fourth-order valence-corrected chi connectivity index (χ4v) is 4.68. The maximum absolute atomic E-state index is 13.0. The highest BCUT2D eigenvalue weighted by Gasteiger charge is 2.29. The normalized spacial score (nSPS) is 18.0. The van der Waals surface area contributed by atoms with Crippen molar-refractivity contribution in [2.75, 3.05) is 11.4 Å². The summed E-state index contributed by atoms with van der Waals surface area (Å²) < 4.78 is 5.46. The summed E-state index contributed by atoms with van der Waals surface area (Å²) in [6, 6.07) is 4.05. The molecule has 1 saturated carbocycles. The zero-order chi connectivity index (χ0) is 17.9. The average Bonchev–Trinajstić information content (AvgIpc) is 3.40. The van der Waals surface area contributed by atoms with Gasteiger partial charge in [0.2, 0.25) is 11.8 Å². The molecule has 1 aliphatic carbocycles. The van der Waals surface area contributed by atoms with Crippen molar-refractivity contribution in [3.05, 3.63) is 35.2 Å². The SMILES string of the molecule is O=C1CCCN1c1nc(CC(=O)N(Cc2ccco2)C2CCCC2)cs1. The molecule has 0 aromatic carbocycles. The Labute approximate surface area is 156 Å². The molecule has 26 heavy (non-hydrogen) atoms. The smallest absolute Gasteiger partial charge is 0.229 e. The van der Waals surface area contributed by atoms with Crippen molar-refractivity contribution in [1.82, 2.24) is 9.88 Å². The average molecular weight is 373 g/mol. The maximum Gasteiger partial charge on any atom is 0.229 e. The fraction of sp³-hybridized carbons (Fsp3) is 0.526. The molecule has 3 heterocycles. The monoisotopic (exact) mass is 373 g/mol. The van der Waals surface area contributed by atoms with Gasteiger partial charge in [0.15, 0.2) is 5.13 Å². The van der Waals surface area contributed by atoms with Gasteiger partial charge in [0.1, 0.15) is 5.76 Å². The number of thiazole rings is 1. The molecule has 6 nitrogen and oxygen atoms in total. The van der Waals surface area contributed by atoms with Gasteiger partial charge in [-0.3, -0.25) is 14.5 Å². The van der Waals surface area contributed by atoms with Gasteiger partial charge in [-0.15, -0.1) is 11.3 Å². The summed E-state index contributed by atoms with van der Waals surface area (Å²) >= 11 is 1.45. The van der Waals surface area contributed by atoms with Gasteiger partial charge in [-0.2, -0.15) is 0 Å². The lowest BCUT2D eigenvalue weighted by atomic mass is 10.1. The Kier molecular flexibility index (Phi) is 5.06. The number of amides is 2. The van der Waals surface area contributed by atoms with Crippen LogP contribution in [0, 0.1) is 0 Å². The van der Waals surface area contributed by atoms with Crippen LogP contribution in [0.2, 0.25) is 0 Å². The van der Waals surface area contributed by atoms with Gasteiger partial charge in [-0.05, 0) is 31.4 Å². The highest BCUT2D eigenvalue weighted by Crippen LogP contribution is 2.28. The van der Waals surface area contributed by atoms with Gasteiger partial charge in [-0.25, -0.2) is 4.98 Å². The lowest BCUT2D eigenvalue weighted by molar-refractivity contribution is -0.133. The third kappa shape index (κ3) is 3.67. The van der Waals surface area contributed by atoms with Crippen molar-refractivity contribution in [3.8, 4) is 0 Å². The summed E-state index contributed by atoms with van der Waals surface area (Å²) in [6.07, 6.45) is 7.84. The minimum absolute atomic E-state index is 0.0814. The van der Waals surface area contributed by atoms with Gasteiger partial charge < -0.3 is 9.32 Å². The van der Waals surface area contributed by atoms with Crippen LogP contribution in [0.5, 0.6) is 0 Å². The second-order valence-electron chi connectivity index (χ2n) is 6.99. The molecule has 7 heteroatoms. The first-order valence-electron chi connectivity index (χ1n) is 9.27. The van der Waals surface area contributed by atoms with Gasteiger partial charge in [-0.1, -0.05) is 12.8 Å². The van der Waals surface area contributed by atoms with Crippen molar-refractivity contribution in [2.24, 2.45) is 0 Å². The maximum atomic E-state index is 13.0. The number of rotatable bonds is 6. The van der Waals surface area contributed by atoms with Crippen LogP contribution in [0.1, 0.15) is 50.0 Å². The van der Waals surface area contributed by atoms with Crippen LogP contribution < -0.4 is 4.90 Å². The van der Waals surface area contributed by atoms with Crippen molar-refractivity contribution in [1.29, 1.82) is 0 Å². The number of anilines is 1. The molecule has 0 radical (unpaired) electrons. The molecule has 2 aliphatic rings. The van der Waals surface area contributed by atoms with E-state index in [1.807, 2.05) is 22.4 Å². The summed E-state index contributed by atoms with van der Waals surface area (Å²) in [4.78, 5) is 33.1. The first kappa shape index (κ1) is 17.3. The summed E-state index contributed by atoms with van der Waals surface area (Å²) in [5, 5.41) is 2.62. The fourth-order valence-electron chi connectivity index (χ4n) is 3.82. The van der Waals surface area contributed by atoms with E-state index in [1.165, 1.54) is 24.2 Å². The lowest BCUT2D eigenvalue weighted by Crippen LogP contribution is -2.39. The number of hydrogen-bond donors (Lipinski definition) is 0. The van der Waals surface area contributed by atoms with E-state index in [0.717, 1.165) is 37.3 Å². The molecule has 2 fully saturated rings. The summed E-state index contributed by atoms with van der Waals surface area (Å²) in [6.45, 7) is 1.24. The second-order valence-corrected chi connectivity index (χ2v) is 7.82. The number of carbonyl (C=O) groups excluding carboxylic acids is 2. The Morgan fingerprint density at radius 2 is 2.19 bits per heavy atom. The van der Waals surface area contributed by atoms with Crippen LogP contribution in [0.3, 0.4) is 0 Å². The van der Waals surface area contributed by atoms with Crippen LogP contribution in [-0.4, -0.2) is 34.3 Å². The van der Waals surface area contributed by atoms with Crippen LogP contribution in [0.15, 0.2) is 28.2 Å². The Bertz CT molecular complexity index is 765. The molecule has 0 spiro atoms. The van der Waals surface area contributed by atoms with Crippen molar-refractivity contribution < 1.29 is 14.0 Å². The first-order chi connectivity index (χ1) is 12.7. The van der Waals surface area contributed by atoms with E-state index in [-0.39, 0.29) is 24.3 Å². The summed E-state index contributed by atoms with van der Waals surface area (Å²) in [5.41, 5.74) is 0.747. The first-order valence-corrected chi connectivity index (χ1v) is 10.2. The predicted molar refractivity (Wildman–Crippen MR) is 98.9 cm³/mol. The van der Waals surface area contributed by atoms with E-state index in [0.29, 0.717) is 18.1 Å². The van der Waals surface area contributed by atoms with E-state index in [4.69, 9.17) is 4.42 Å². The molecule has 4 rings (SSSR count). The molecule has 0 N–H and O–H groups in total. The second kappa shape index (κ2) is 7.61. The largest absolute Gasteiger partial charge is 0.467 e. The van der Waals surface area contributed by atoms with Crippen LogP contribution in [-0.2, 0) is 22.6 Å². The minimum Gasteiger partial charge on any atom is -0.467 e. The lowest BCUT2D eigenvalue weighted by Gasteiger charge is -2.28. The molecule has 2 aromatic heterocycles. The molecule has 138 valence electrons. The van der Waals surface area contributed by atoms with E-state index in [9.17, 15) is 9.59 Å². The Morgan fingerprint density at radius 1 is 1.35 bits per heavy atom. The Balaban J connectivity index is 1.45. The van der Waals surface area contributed by atoms with Gasteiger partial charge >= 0.3 is 0 Å². The van der Waals surface area contributed by atoms with Crippen LogP contribution in [0.25, 0.3) is 0 Å². The molecule has 2 amide bonds. The third-order valence-corrected chi connectivity index (χ3v) is 6.08. The van der Waals surface area contributed by atoms with E-state index >= 15 is 0 Å². The van der Waals surface area contributed by atoms with Gasteiger partial charge in [0, 0.05) is 24.4 Å². The van der Waals surface area contributed by atoms with Gasteiger partial charge in [0.25, 0.3) is 0 Å². The standard InChI is InChI=1S/C19H23N3O3S/c23-17-8-3-9-21(17)19-20-14(13-26-19)11-18(24)22(15-5-1-2-6-15)12-16-7-4-10-25-16/h4,7,10,13,15H,1-3,5-6,8-9,11-12H2. The van der Waals surface area contributed by atoms with E-state index < -0.39 is 0 Å². The summed E-state index contributed by atoms with van der Waals surface area (Å²) in [7, 11) is 0. The quantitative estimate of drug-likeness (QED) is 0.779. The zero-order valence-corrected chi connectivity index (χ0v) is 15.5. The molecular weight excluding hydrogens is 350 g/mol. The van der Waals surface area contributed by atoms with Crippen molar-refractivity contribution in [2.45, 2.75) is 57.5 Å². The van der Waals surface area contributed by atoms with Crippen LogP contribution >= 0.6 is 11.3 Å². The Hall–Kier alpha value is -2.15. The number of aromatic nitrogens is 1. The summed E-state index contributed by atoms with van der Waals surface area (Å²) in [5.74, 6) is 1.02. The molecule has 2 aromatic rings. The van der Waals surface area contributed by atoms with Crippen molar-refractivity contribution >= 4 is 28.3 Å². The highest BCUT2D eigenvalue weighted by atomic mass is 32.1. The molecule has 0 atom stereocenters. The number of hydrogen-bond acceptors (Lipinski definition) is 5. The third-order valence-electron chi connectivity index (χ3n) is 5.17. The van der Waals surface area contributed by atoms with Crippen molar-refractivity contribution in [3.63, 3.8) is 0 Å². The van der Waals surface area contributed by atoms with E-state index in [1.54, 1.807) is 11.2 Å². The number of furan rings is 1. The minimum atomic E-state index is 0.0814. The predicted octanol–water partition coefficient (Wildman–Crippen LogP) is 3.38.